The molecule has 0 saturated heterocycles. The van der Waals surface area contributed by atoms with Crippen LogP contribution in [0.15, 0.2) is 0 Å². The van der Waals surface area contributed by atoms with E-state index >= 15 is 0 Å². The first-order valence-corrected chi connectivity index (χ1v) is 11.6. The third kappa shape index (κ3) is 6.98. The lowest BCUT2D eigenvalue weighted by Gasteiger charge is -2.48. The van der Waals surface area contributed by atoms with Crippen molar-refractivity contribution in [3.05, 3.63) is 0 Å². The molecule has 1 unspecified atom stereocenters. The van der Waals surface area contributed by atoms with Gasteiger partial charge in [-0.15, -0.1) is 0 Å². The summed E-state index contributed by atoms with van der Waals surface area (Å²) in [5, 5.41) is 0. The van der Waals surface area contributed by atoms with Gasteiger partial charge in [0.05, 0.1) is 5.92 Å². The van der Waals surface area contributed by atoms with E-state index in [1.54, 1.807) is 0 Å². The number of hydrogen-bond donors (Lipinski definition) is 0. The molecule has 0 radical (unpaired) electrons. The molecule has 0 N–H and O–H groups in total. The minimum absolute atomic E-state index is 0.223. The van der Waals surface area contributed by atoms with Gasteiger partial charge in [0.1, 0.15) is 5.60 Å². The second-order valence-electron chi connectivity index (χ2n) is 10.3. The van der Waals surface area contributed by atoms with Crippen LogP contribution in [-0.2, 0) is 19.0 Å². The van der Waals surface area contributed by atoms with Crippen molar-refractivity contribution in [2.45, 2.75) is 108 Å². The Balaban J connectivity index is 3.58. The fraction of sp³-hybridized carbons (Fsp3) is 0.909. The Morgan fingerprint density at radius 1 is 0.641 bits per heavy atom. The zero-order chi connectivity index (χ0) is 31.0. The Labute approximate surface area is 215 Å². The lowest BCUT2D eigenvalue weighted by atomic mass is 9.67. The maximum Gasteiger partial charge on any atom is 0.510 e. The van der Waals surface area contributed by atoms with Crippen molar-refractivity contribution in [2.24, 2.45) is 17.8 Å². The number of hydrogen-bond acceptors (Lipinski definition) is 5. The van der Waals surface area contributed by atoms with Crippen LogP contribution in [0.1, 0.15) is 66.7 Å². The van der Waals surface area contributed by atoms with E-state index in [1.165, 1.54) is 6.92 Å². The highest BCUT2D eigenvalue weighted by molar-refractivity contribution is 5.72. The topological polar surface area (TPSA) is 61.8 Å². The number of carbonyl (C=O) groups is 2. The van der Waals surface area contributed by atoms with Crippen LogP contribution in [0.5, 0.6) is 0 Å². The Morgan fingerprint density at radius 3 is 1.21 bits per heavy atom. The molecule has 0 aromatic heterocycles. The molecule has 1 aliphatic rings. The van der Waals surface area contributed by atoms with E-state index in [0.29, 0.717) is 0 Å². The second-order valence-corrected chi connectivity index (χ2v) is 10.3. The quantitative estimate of drug-likeness (QED) is 0.228. The summed E-state index contributed by atoms with van der Waals surface area (Å²) >= 11 is 0. The Bertz CT molecular complexity index is 831. The molecule has 0 aliphatic heterocycles. The molecule has 0 spiro atoms. The molecular weight excluding hydrogens is 572 g/mol. The fourth-order valence-corrected chi connectivity index (χ4v) is 4.38. The van der Waals surface area contributed by atoms with Crippen LogP contribution in [0.4, 0.5) is 57.5 Å². The summed E-state index contributed by atoms with van der Waals surface area (Å²) in [7, 11) is 0. The van der Waals surface area contributed by atoms with Crippen molar-refractivity contribution in [3.8, 4) is 0 Å². The van der Waals surface area contributed by atoms with E-state index in [0.717, 1.165) is 27.7 Å². The molecule has 0 amide bonds. The number of esters is 1. The Hall–Kier alpha value is -2.10. The SMILES string of the molecule is CCC(C)C(=O)OC(C1CCC(C(OC(=O)OC(C)(C)C)(C(F)(F)F)C(F)(F)F)CC1)(C(F)(F)F)C(F)(F)F. The molecule has 17 heteroatoms. The van der Waals surface area contributed by atoms with Crippen molar-refractivity contribution in [3.63, 3.8) is 0 Å². The van der Waals surface area contributed by atoms with Gasteiger partial charge in [-0.25, -0.2) is 4.79 Å². The van der Waals surface area contributed by atoms with Gasteiger partial charge in [-0.1, -0.05) is 13.8 Å². The van der Waals surface area contributed by atoms with E-state index in [2.05, 4.69) is 14.2 Å². The molecule has 39 heavy (non-hydrogen) atoms. The fourth-order valence-electron chi connectivity index (χ4n) is 4.38. The van der Waals surface area contributed by atoms with Gasteiger partial charge in [-0.05, 0) is 52.9 Å². The van der Waals surface area contributed by atoms with Gasteiger partial charge in [0.25, 0.3) is 0 Å². The smallest absolute Gasteiger partial charge is 0.439 e. The Kier molecular flexibility index (Phi) is 9.90. The molecular formula is C22H28F12O5. The predicted molar refractivity (Wildman–Crippen MR) is 108 cm³/mol. The highest BCUT2D eigenvalue weighted by Crippen LogP contribution is 2.59. The van der Waals surface area contributed by atoms with Gasteiger partial charge in [0, 0.05) is 11.8 Å². The molecule has 1 atom stereocenters. The van der Waals surface area contributed by atoms with Gasteiger partial charge in [-0.3, -0.25) is 4.79 Å². The van der Waals surface area contributed by atoms with Crippen LogP contribution < -0.4 is 0 Å². The molecule has 0 bridgehead atoms. The van der Waals surface area contributed by atoms with E-state index in [4.69, 9.17) is 0 Å². The molecule has 0 aromatic carbocycles. The third-order valence-corrected chi connectivity index (χ3v) is 6.47. The summed E-state index contributed by atoms with van der Waals surface area (Å²) in [6, 6.07) is 0. The van der Waals surface area contributed by atoms with Crippen molar-refractivity contribution in [1.82, 2.24) is 0 Å². The molecule has 1 fully saturated rings. The van der Waals surface area contributed by atoms with Crippen molar-refractivity contribution in [2.75, 3.05) is 0 Å². The number of carbonyl (C=O) groups excluding carboxylic acids is 2. The number of rotatable bonds is 6. The minimum atomic E-state index is -6.40. The zero-order valence-electron chi connectivity index (χ0n) is 21.3. The van der Waals surface area contributed by atoms with Crippen LogP contribution in [0.25, 0.3) is 0 Å². The summed E-state index contributed by atoms with van der Waals surface area (Å²) in [4.78, 5) is 24.0. The monoisotopic (exact) mass is 600 g/mol. The predicted octanol–water partition coefficient (Wildman–Crippen LogP) is 8.06. The highest BCUT2D eigenvalue weighted by Gasteiger charge is 2.80. The van der Waals surface area contributed by atoms with E-state index < -0.39 is 97.1 Å². The molecule has 230 valence electrons. The molecule has 0 aromatic rings. The van der Waals surface area contributed by atoms with Gasteiger partial charge >= 0.3 is 48.0 Å². The summed E-state index contributed by atoms with van der Waals surface area (Å²) in [6.45, 7) is 5.52. The molecule has 1 saturated carbocycles. The van der Waals surface area contributed by atoms with Crippen molar-refractivity contribution >= 4 is 12.1 Å². The van der Waals surface area contributed by atoms with Gasteiger partial charge in [0.15, 0.2) is 0 Å². The van der Waals surface area contributed by atoms with Crippen molar-refractivity contribution in [1.29, 1.82) is 0 Å². The van der Waals surface area contributed by atoms with Crippen LogP contribution in [0.3, 0.4) is 0 Å². The first-order valence-electron chi connectivity index (χ1n) is 11.6. The van der Waals surface area contributed by atoms with E-state index in [1.807, 2.05) is 0 Å². The normalized spacial score (nSPS) is 21.3. The largest absolute Gasteiger partial charge is 0.510 e. The summed E-state index contributed by atoms with van der Waals surface area (Å²) in [5.41, 5.74) is -12.1. The Morgan fingerprint density at radius 2 is 0.949 bits per heavy atom. The molecule has 1 aliphatic carbocycles. The maximum absolute atomic E-state index is 14.0. The number of halogens is 12. The van der Waals surface area contributed by atoms with Crippen LogP contribution in [0, 0.1) is 17.8 Å². The lowest BCUT2D eigenvalue weighted by molar-refractivity contribution is -0.399. The molecule has 0 heterocycles. The van der Waals surface area contributed by atoms with Gasteiger partial charge in [0.2, 0.25) is 0 Å². The van der Waals surface area contributed by atoms with Crippen LogP contribution in [0.2, 0.25) is 0 Å². The maximum atomic E-state index is 14.0. The van der Waals surface area contributed by atoms with E-state index in [9.17, 15) is 62.3 Å². The number of ether oxygens (including phenoxy) is 3. The standard InChI is InChI=1S/C22H28F12O5/c1-6-11(2)14(35)37-17(19(23,24)25,20(26,27)28)12-7-9-13(10-8-12)18(21(29,30)31,22(32,33)34)39-15(36)38-16(3,4)5/h11-13H,6-10H2,1-5H3. The van der Waals surface area contributed by atoms with Gasteiger partial charge in [-0.2, -0.15) is 52.7 Å². The van der Waals surface area contributed by atoms with E-state index in [-0.39, 0.29) is 6.42 Å². The first kappa shape index (κ1) is 34.9. The highest BCUT2D eigenvalue weighted by atomic mass is 19.4. The summed E-state index contributed by atoms with van der Waals surface area (Å²) in [6.07, 6.45) is -34.3. The second kappa shape index (κ2) is 11.1. The molecule has 1 rings (SSSR count). The average Bonchev–Trinajstić information content (AvgIpc) is 2.70. The molecule has 5 nitrogen and oxygen atoms in total. The summed E-state index contributed by atoms with van der Waals surface area (Å²) in [5.74, 6) is -8.97. The van der Waals surface area contributed by atoms with Gasteiger partial charge < -0.3 is 14.2 Å². The average molecular weight is 600 g/mol. The van der Waals surface area contributed by atoms with Crippen LogP contribution >= 0.6 is 0 Å². The minimum Gasteiger partial charge on any atom is -0.439 e. The van der Waals surface area contributed by atoms with Crippen LogP contribution in [-0.4, -0.2) is 53.6 Å². The third-order valence-electron chi connectivity index (χ3n) is 6.47. The first-order chi connectivity index (χ1) is 17.2. The van der Waals surface area contributed by atoms with Crippen molar-refractivity contribution < 1.29 is 76.5 Å². The summed E-state index contributed by atoms with van der Waals surface area (Å²) < 4.78 is 180. The lowest BCUT2D eigenvalue weighted by Crippen LogP contribution is -2.67. The number of alkyl halides is 12. The zero-order valence-corrected chi connectivity index (χ0v) is 21.3.